The van der Waals surface area contributed by atoms with Crippen molar-refractivity contribution in [2.45, 2.75) is 51.4 Å². The molecule has 1 amide bonds. The summed E-state index contributed by atoms with van der Waals surface area (Å²) in [5, 5.41) is 3.88. The van der Waals surface area contributed by atoms with Gasteiger partial charge in [-0.05, 0) is 55.0 Å². The summed E-state index contributed by atoms with van der Waals surface area (Å²) in [4.78, 5) is 15.6. The highest BCUT2D eigenvalue weighted by molar-refractivity contribution is 7.89. The Morgan fingerprint density at radius 1 is 1.06 bits per heavy atom. The van der Waals surface area contributed by atoms with Gasteiger partial charge >= 0.3 is 0 Å². The average molecular weight is 476 g/mol. The van der Waals surface area contributed by atoms with Gasteiger partial charge in [-0.2, -0.15) is 4.31 Å². The monoisotopic (exact) mass is 475 g/mol. The van der Waals surface area contributed by atoms with Gasteiger partial charge in [-0.15, -0.1) is 0 Å². The van der Waals surface area contributed by atoms with Crippen LogP contribution in [0.1, 0.15) is 36.5 Å². The fourth-order valence-electron chi connectivity index (χ4n) is 4.56. The molecule has 8 heteroatoms. The maximum atomic E-state index is 13.2. The Bertz CT molecular complexity index is 1050. The standard InChI is InChI=1S/C24H30ClN3O3S/c1-2-32(30,31)28-17-20-6-4-3-5-19(20)15-23(28)24(29)26-22-11-13-27(14-12-22)16-18-7-9-21(25)10-8-18/h3-10,22-23H,2,11-17H2,1H3,(H,26,29). The first-order valence-corrected chi connectivity index (χ1v) is 13.2. The summed E-state index contributed by atoms with van der Waals surface area (Å²) in [7, 11) is -3.49. The summed E-state index contributed by atoms with van der Waals surface area (Å²) < 4.78 is 26.9. The molecule has 6 nitrogen and oxygen atoms in total. The molecule has 1 fully saturated rings. The van der Waals surface area contributed by atoms with Crippen molar-refractivity contribution < 1.29 is 13.2 Å². The lowest BCUT2D eigenvalue weighted by molar-refractivity contribution is -0.126. The molecule has 0 saturated carbocycles. The first kappa shape index (κ1) is 23.2. The number of amides is 1. The van der Waals surface area contributed by atoms with E-state index in [1.807, 2.05) is 48.5 Å². The number of benzene rings is 2. The molecule has 0 radical (unpaired) electrons. The minimum absolute atomic E-state index is 0.0119. The zero-order valence-electron chi connectivity index (χ0n) is 18.3. The number of nitrogens with zero attached hydrogens (tertiary/aromatic N) is 2. The maximum Gasteiger partial charge on any atom is 0.239 e. The van der Waals surface area contributed by atoms with E-state index in [0.717, 1.165) is 48.6 Å². The van der Waals surface area contributed by atoms with Crippen molar-refractivity contribution in [1.29, 1.82) is 0 Å². The minimum atomic E-state index is -3.49. The van der Waals surface area contributed by atoms with Gasteiger partial charge in [-0.25, -0.2) is 8.42 Å². The number of halogens is 1. The number of rotatable bonds is 6. The average Bonchev–Trinajstić information content (AvgIpc) is 2.81. The number of likely N-dealkylation sites (tertiary alicyclic amines) is 1. The normalized spacial score (nSPS) is 20.6. The predicted octanol–water partition coefficient (Wildman–Crippen LogP) is 3.20. The van der Waals surface area contributed by atoms with E-state index in [0.29, 0.717) is 6.42 Å². The highest BCUT2D eigenvalue weighted by Crippen LogP contribution is 2.26. The van der Waals surface area contributed by atoms with Gasteiger partial charge in [-0.3, -0.25) is 9.69 Å². The third-order valence-corrected chi connectivity index (χ3v) is 8.56. The van der Waals surface area contributed by atoms with Crippen molar-refractivity contribution in [1.82, 2.24) is 14.5 Å². The second kappa shape index (κ2) is 9.91. The maximum absolute atomic E-state index is 13.2. The van der Waals surface area contributed by atoms with Gasteiger partial charge in [0.15, 0.2) is 0 Å². The first-order valence-electron chi connectivity index (χ1n) is 11.2. The fourth-order valence-corrected chi connectivity index (χ4v) is 5.91. The van der Waals surface area contributed by atoms with Crippen LogP contribution < -0.4 is 5.32 Å². The highest BCUT2D eigenvalue weighted by atomic mass is 35.5. The van der Waals surface area contributed by atoms with Gasteiger partial charge in [-0.1, -0.05) is 48.0 Å². The van der Waals surface area contributed by atoms with E-state index in [1.165, 1.54) is 9.87 Å². The third kappa shape index (κ3) is 5.34. The lowest BCUT2D eigenvalue weighted by atomic mass is 9.95. The van der Waals surface area contributed by atoms with Gasteiger partial charge in [0.05, 0.1) is 5.75 Å². The molecular weight excluding hydrogens is 446 g/mol. The number of fused-ring (bicyclic) bond motifs is 1. The molecule has 0 bridgehead atoms. The van der Waals surface area contributed by atoms with Crippen LogP contribution in [0.25, 0.3) is 0 Å². The number of carbonyl (C=O) groups excluding carboxylic acids is 1. The van der Waals surface area contributed by atoms with E-state index >= 15 is 0 Å². The Balaban J connectivity index is 1.38. The summed E-state index contributed by atoms with van der Waals surface area (Å²) in [6, 6.07) is 15.0. The van der Waals surface area contributed by atoms with Crippen LogP contribution in [0.3, 0.4) is 0 Å². The molecule has 2 heterocycles. The SMILES string of the molecule is CCS(=O)(=O)N1Cc2ccccc2CC1C(=O)NC1CCN(Cc2ccc(Cl)cc2)CC1. The van der Waals surface area contributed by atoms with Crippen molar-refractivity contribution in [3.63, 3.8) is 0 Å². The number of hydrogen-bond acceptors (Lipinski definition) is 4. The van der Waals surface area contributed by atoms with Crippen LogP contribution in [0.4, 0.5) is 0 Å². The summed E-state index contributed by atoms with van der Waals surface area (Å²) in [5.74, 6) is -0.199. The van der Waals surface area contributed by atoms with Gasteiger partial charge < -0.3 is 5.32 Å². The molecule has 1 N–H and O–H groups in total. The number of piperidine rings is 1. The van der Waals surface area contributed by atoms with E-state index in [9.17, 15) is 13.2 Å². The largest absolute Gasteiger partial charge is 0.352 e. The topological polar surface area (TPSA) is 69.7 Å². The van der Waals surface area contributed by atoms with Crippen molar-refractivity contribution in [3.05, 3.63) is 70.2 Å². The molecule has 0 spiro atoms. The molecule has 2 aliphatic rings. The third-order valence-electron chi connectivity index (χ3n) is 6.48. The highest BCUT2D eigenvalue weighted by Gasteiger charge is 2.38. The number of carbonyl (C=O) groups is 1. The molecule has 2 aliphatic heterocycles. The van der Waals surface area contributed by atoms with Crippen LogP contribution in [-0.4, -0.2) is 54.5 Å². The Morgan fingerprint density at radius 3 is 2.38 bits per heavy atom. The quantitative estimate of drug-likeness (QED) is 0.696. The first-order chi connectivity index (χ1) is 15.4. The summed E-state index contributed by atoms with van der Waals surface area (Å²) in [6.07, 6.45) is 2.11. The Kier molecular flexibility index (Phi) is 7.20. The summed E-state index contributed by atoms with van der Waals surface area (Å²) in [6.45, 7) is 4.51. The molecule has 1 unspecified atom stereocenters. The molecule has 1 atom stereocenters. The van der Waals surface area contributed by atoms with Crippen LogP contribution in [0.2, 0.25) is 5.02 Å². The minimum Gasteiger partial charge on any atom is -0.352 e. The lowest BCUT2D eigenvalue weighted by Gasteiger charge is -2.37. The Morgan fingerprint density at radius 2 is 1.72 bits per heavy atom. The number of sulfonamides is 1. The van der Waals surface area contributed by atoms with Crippen LogP contribution in [0.5, 0.6) is 0 Å². The molecule has 172 valence electrons. The Hall–Kier alpha value is -1.93. The molecule has 0 aromatic heterocycles. The molecular formula is C24H30ClN3O3S. The molecule has 2 aromatic rings. The van der Waals surface area contributed by atoms with Crippen LogP contribution >= 0.6 is 11.6 Å². The van der Waals surface area contributed by atoms with Crippen molar-refractivity contribution >= 4 is 27.5 Å². The van der Waals surface area contributed by atoms with Crippen molar-refractivity contribution in [2.24, 2.45) is 0 Å². The molecule has 32 heavy (non-hydrogen) atoms. The molecule has 2 aromatic carbocycles. The van der Waals surface area contributed by atoms with E-state index in [2.05, 4.69) is 10.2 Å². The number of hydrogen-bond donors (Lipinski definition) is 1. The van der Waals surface area contributed by atoms with E-state index in [1.54, 1.807) is 6.92 Å². The van der Waals surface area contributed by atoms with Gasteiger partial charge in [0, 0.05) is 37.2 Å². The zero-order chi connectivity index (χ0) is 22.7. The second-order valence-corrected chi connectivity index (χ2v) is 11.3. The van der Waals surface area contributed by atoms with E-state index < -0.39 is 16.1 Å². The van der Waals surface area contributed by atoms with Crippen LogP contribution in [-0.2, 0) is 34.3 Å². The second-order valence-electron chi connectivity index (χ2n) is 8.62. The Labute approximate surface area is 195 Å². The van der Waals surface area contributed by atoms with Gasteiger partial charge in [0.1, 0.15) is 6.04 Å². The zero-order valence-corrected chi connectivity index (χ0v) is 19.9. The van der Waals surface area contributed by atoms with Crippen LogP contribution in [0.15, 0.2) is 48.5 Å². The van der Waals surface area contributed by atoms with Crippen molar-refractivity contribution in [3.8, 4) is 0 Å². The number of nitrogens with one attached hydrogen (secondary N) is 1. The smallest absolute Gasteiger partial charge is 0.239 e. The van der Waals surface area contributed by atoms with E-state index in [-0.39, 0.29) is 24.2 Å². The van der Waals surface area contributed by atoms with Gasteiger partial charge in [0.25, 0.3) is 0 Å². The van der Waals surface area contributed by atoms with Crippen LogP contribution in [0, 0.1) is 0 Å². The predicted molar refractivity (Wildman–Crippen MR) is 127 cm³/mol. The summed E-state index contributed by atoms with van der Waals surface area (Å²) in [5.41, 5.74) is 3.25. The van der Waals surface area contributed by atoms with Crippen molar-refractivity contribution in [2.75, 3.05) is 18.8 Å². The molecule has 4 rings (SSSR count). The lowest BCUT2D eigenvalue weighted by Crippen LogP contribution is -2.55. The van der Waals surface area contributed by atoms with Gasteiger partial charge in [0.2, 0.25) is 15.9 Å². The molecule has 1 saturated heterocycles. The fraction of sp³-hybridized carbons (Fsp3) is 0.458. The summed E-state index contributed by atoms with van der Waals surface area (Å²) >= 11 is 5.97. The molecule has 0 aliphatic carbocycles. The van der Waals surface area contributed by atoms with E-state index in [4.69, 9.17) is 11.6 Å².